The zero-order valence-electron chi connectivity index (χ0n) is 9.38. The standard InChI is InChI=1S/C11H19NO3/c1-4-6-7-9(13)12-11(3,5-2)8-10(14)15/h4H,1,5-8H2,2-3H3,(H,12,13)(H,14,15). The Kier molecular flexibility index (Phi) is 5.67. The molecule has 0 saturated carbocycles. The van der Waals surface area contributed by atoms with E-state index in [1.54, 1.807) is 13.0 Å². The SMILES string of the molecule is C=CCCC(=O)NC(C)(CC)CC(=O)O. The summed E-state index contributed by atoms with van der Waals surface area (Å²) in [5.41, 5.74) is -0.649. The van der Waals surface area contributed by atoms with Gasteiger partial charge in [-0.15, -0.1) is 6.58 Å². The zero-order chi connectivity index (χ0) is 11.9. The number of carboxylic acids is 1. The van der Waals surface area contributed by atoms with E-state index in [1.165, 1.54) is 0 Å². The Hall–Kier alpha value is -1.32. The number of amides is 1. The Labute approximate surface area is 90.4 Å². The van der Waals surface area contributed by atoms with Crippen molar-refractivity contribution in [2.24, 2.45) is 0 Å². The number of hydrogen-bond donors (Lipinski definition) is 2. The third kappa shape index (κ3) is 5.88. The first-order chi connectivity index (χ1) is 6.93. The minimum absolute atomic E-state index is 0.0523. The van der Waals surface area contributed by atoms with Crippen molar-refractivity contribution in [3.8, 4) is 0 Å². The molecule has 0 rings (SSSR count). The quantitative estimate of drug-likeness (QED) is 0.633. The summed E-state index contributed by atoms with van der Waals surface area (Å²) < 4.78 is 0. The van der Waals surface area contributed by atoms with Crippen LogP contribution in [0.15, 0.2) is 12.7 Å². The van der Waals surface area contributed by atoms with Crippen molar-refractivity contribution in [3.05, 3.63) is 12.7 Å². The highest BCUT2D eigenvalue weighted by Gasteiger charge is 2.26. The van der Waals surface area contributed by atoms with Crippen molar-refractivity contribution in [3.63, 3.8) is 0 Å². The lowest BCUT2D eigenvalue weighted by atomic mass is 9.94. The van der Waals surface area contributed by atoms with E-state index in [0.29, 0.717) is 19.3 Å². The van der Waals surface area contributed by atoms with E-state index in [0.717, 1.165) is 0 Å². The van der Waals surface area contributed by atoms with Crippen LogP contribution in [0.25, 0.3) is 0 Å². The van der Waals surface area contributed by atoms with Crippen LogP contribution >= 0.6 is 0 Å². The molecule has 0 aliphatic rings. The zero-order valence-corrected chi connectivity index (χ0v) is 9.38. The van der Waals surface area contributed by atoms with Crippen molar-refractivity contribution in [2.75, 3.05) is 0 Å². The summed E-state index contributed by atoms with van der Waals surface area (Å²) in [6, 6.07) is 0. The predicted octanol–water partition coefficient (Wildman–Crippen LogP) is 1.71. The first-order valence-electron chi connectivity index (χ1n) is 5.07. The highest BCUT2D eigenvalue weighted by atomic mass is 16.4. The van der Waals surface area contributed by atoms with Crippen molar-refractivity contribution in [1.29, 1.82) is 0 Å². The summed E-state index contributed by atoms with van der Waals surface area (Å²) in [6.07, 6.45) is 3.18. The Morgan fingerprint density at radius 2 is 2.13 bits per heavy atom. The monoisotopic (exact) mass is 213 g/mol. The molecule has 0 aliphatic heterocycles. The van der Waals surface area contributed by atoms with E-state index in [9.17, 15) is 9.59 Å². The molecular formula is C11H19NO3. The van der Waals surface area contributed by atoms with Crippen LogP contribution in [0.5, 0.6) is 0 Å². The van der Waals surface area contributed by atoms with E-state index in [1.807, 2.05) is 6.92 Å². The Balaban J connectivity index is 4.23. The van der Waals surface area contributed by atoms with Gasteiger partial charge in [0.25, 0.3) is 0 Å². The lowest BCUT2D eigenvalue weighted by Crippen LogP contribution is -2.46. The average molecular weight is 213 g/mol. The Morgan fingerprint density at radius 3 is 2.53 bits per heavy atom. The minimum Gasteiger partial charge on any atom is -0.481 e. The van der Waals surface area contributed by atoms with Crippen LogP contribution in [-0.2, 0) is 9.59 Å². The molecule has 0 aromatic rings. The predicted molar refractivity (Wildman–Crippen MR) is 58.5 cm³/mol. The topological polar surface area (TPSA) is 66.4 Å². The average Bonchev–Trinajstić information content (AvgIpc) is 2.13. The summed E-state index contributed by atoms with van der Waals surface area (Å²) in [7, 11) is 0. The Morgan fingerprint density at radius 1 is 1.53 bits per heavy atom. The number of carbonyl (C=O) groups excluding carboxylic acids is 1. The van der Waals surface area contributed by atoms with Gasteiger partial charge in [0.05, 0.1) is 6.42 Å². The van der Waals surface area contributed by atoms with Gasteiger partial charge in [-0.25, -0.2) is 0 Å². The lowest BCUT2D eigenvalue weighted by Gasteiger charge is -2.27. The molecular weight excluding hydrogens is 194 g/mol. The number of nitrogens with one attached hydrogen (secondary N) is 1. The Bertz CT molecular complexity index is 250. The molecule has 2 N–H and O–H groups in total. The number of allylic oxidation sites excluding steroid dienone is 1. The van der Waals surface area contributed by atoms with Gasteiger partial charge >= 0.3 is 5.97 Å². The highest BCUT2D eigenvalue weighted by molar-refractivity contribution is 5.78. The largest absolute Gasteiger partial charge is 0.481 e. The molecule has 0 aromatic carbocycles. The van der Waals surface area contributed by atoms with Crippen LogP contribution in [0.1, 0.15) is 39.5 Å². The molecule has 1 atom stereocenters. The van der Waals surface area contributed by atoms with Crippen LogP contribution in [-0.4, -0.2) is 22.5 Å². The van der Waals surface area contributed by atoms with Crippen LogP contribution in [0.3, 0.4) is 0 Å². The van der Waals surface area contributed by atoms with E-state index in [-0.39, 0.29) is 12.3 Å². The smallest absolute Gasteiger partial charge is 0.305 e. The van der Waals surface area contributed by atoms with Crippen molar-refractivity contribution < 1.29 is 14.7 Å². The summed E-state index contributed by atoms with van der Waals surface area (Å²) in [6.45, 7) is 7.12. The van der Waals surface area contributed by atoms with Gasteiger partial charge in [0, 0.05) is 12.0 Å². The van der Waals surface area contributed by atoms with Gasteiger partial charge < -0.3 is 10.4 Å². The van der Waals surface area contributed by atoms with Crippen LogP contribution in [0.4, 0.5) is 0 Å². The third-order valence-electron chi connectivity index (χ3n) is 2.34. The van der Waals surface area contributed by atoms with Gasteiger partial charge in [0.1, 0.15) is 0 Å². The number of rotatable bonds is 7. The molecule has 1 amide bonds. The number of hydrogen-bond acceptors (Lipinski definition) is 2. The maximum Gasteiger partial charge on any atom is 0.305 e. The second kappa shape index (κ2) is 6.22. The highest BCUT2D eigenvalue weighted by Crippen LogP contribution is 2.14. The van der Waals surface area contributed by atoms with Gasteiger partial charge in [-0.05, 0) is 19.8 Å². The molecule has 0 heterocycles. The first-order valence-corrected chi connectivity index (χ1v) is 5.07. The number of carbonyl (C=O) groups is 2. The second-order valence-corrected chi connectivity index (χ2v) is 3.86. The van der Waals surface area contributed by atoms with Gasteiger partial charge in [-0.2, -0.15) is 0 Å². The molecule has 4 nitrogen and oxygen atoms in total. The van der Waals surface area contributed by atoms with Crippen molar-refractivity contribution >= 4 is 11.9 Å². The maximum absolute atomic E-state index is 11.4. The molecule has 0 spiro atoms. The van der Waals surface area contributed by atoms with Gasteiger partial charge in [-0.3, -0.25) is 9.59 Å². The van der Waals surface area contributed by atoms with Crippen LogP contribution in [0.2, 0.25) is 0 Å². The molecule has 4 heteroatoms. The minimum atomic E-state index is -0.900. The summed E-state index contributed by atoms with van der Waals surface area (Å²) in [5, 5.41) is 11.4. The van der Waals surface area contributed by atoms with Crippen LogP contribution < -0.4 is 5.32 Å². The lowest BCUT2D eigenvalue weighted by molar-refractivity contribution is -0.139. The van der Waals surface area contributed by atoms with Gasteiger partial charge in [0.2, 0.25) is 5.91 Å². The molecule has 0 fully saturated rings. The molecule has 0 aliphatic carbocycles. The molecule has 0 radical (unpaired) electrons. The number of aliphatic carboxylic acids is 1. The van der Waals surface area contributed by atoms with Crippen molar-refractivity contribution in [2.45, 2.75) is 45.1 Å². The summed E-state index contributed by atoms with van der Waals surface area (Å²) >= 11 is 0. The van der Waals surface area contributed by atoms with Crippen molar-refractivity contribution in [1.82, 2.24) is 5.32 Å². The molecule has 0 aromatic heterocycles. The van der Waals surface area contributed by atoms with Gasteiger partial charge in [-0.1, -0.05) is 13.0 Å². The number of carboxylic acid groups (broad SMARTS) is 1. The third-order valence-corrected chi connectivity index (χ3v) is 2.34. The second-order valence-electron chi connectivity index (χ2n) is 3.86. The molecule has 0 saturated heterocycles. The summed E-state index contributed by atoms with van der Waals surface area (Å²) in [5.74, 6) is -1.02. The van der Waals surface area contributed by atoms with Gasteiger partial charge in [0.15, 0.2) is 0 Å². The fourth-order valence-electron chi connectivity index (χ4n) is 1.22. The molecule has 15 heavy (non-hydrogen) atoms. The first kappa shape index (κ1) is 13.7. The molecule has 0 bridgehead atoms. The fraction of sp³-hybridized carbons (Fsp3) is 0.636. The normalized spacial score (nSPS) is 14.0. The van der Waals surface area contributed by atoms with Crippen LogP contribution in [0, 0.1) is 0 Å². The summed E-state index contributed by atoms with van der Waals surface area (Å²) in [4.78, 5) is 22.0. The van der Waals surface area contributed by atoms with E-state index < -0.39 is 11.5 Å². The molecule has 1 unspecified atom stereocenters. The maximum atomic E-state index is 11.4. The van der Waals surface area contributed by atoms with E-state index in [4.69, 9.17) is 5.11 Å². The van der Waals surface area contributed by atoms with E-state index >= 15 is 0 Å². The fourth-order valence-corrected chi connectivity index (χ4v) is 1.22. The molecule has 86 valence electrons. The van der Waals surface area contributed by atoms with E-state index in [2.05, 4.69) is 11.9 Å².